The van der Waals surface area contributed by atoms with E-state index in [4.69, 9.17) is 9.47 Å². The maximum Gasteiger partial charge on any atom is 0.339 e. The van der Waals surface area contributed by atoms with Crippen LogP contribution in [0.2, 0.25) is 0 Å². The molecule has 21 heavy (non-hydrogen) atoms. The van der Waals surface area contributed by atoms with Gasteiger partial charge in [0.25, 0.3) is 0 Å². The molecule has 1 aliphatic heterocycles. The summed E-state index contributed by atoms with van der Waals surface area (Å²) in [6.45, 7) is 2.51. The van der Waals surface area contributed by atoms with Crippen molar-refractivity contribution in [3.05, 3.63) is 30.0 Å². The number of anilines is 1. The molecule has 1 aliphatic rings. The molecule has 0 aliphatic carbocycles. The summed E-state index contributed by atoms with van der Waals surface area (Å²) in [6.07, 6.45) is 1.40. The van der Waals surface area contributed by atoms with Crippen LogP contribution in [-0.2, 0) is 4.74 Å². The van der Waals surface area contributed by atoms with Gasteiger partial charge in [-0.1, -0.05) is 12.1 Å². The van der Waals surface area contributed by atoms with Crippen molar-refractivity contribution >= 4 is 22.6 Å². The van der Waals surface area contributed by atoms with E-state index < -0.39 is 5.97 Å². The second-order valence-electron chi connectivity index (χ2n) is 4.78. The van der Waals surface area contributed by atoms with Gasteiger partial charge in [-0.25, -0.2) is 4.79 Å². The molecule has 2 aromatic rings. The Morgan fingerprint density at radius 1 is 1.38 bits per heavy atom. The fourth-order valence-corrected chi connectivity index (χ4v) is 2.63. The van der Waals surface area contributed by atoms with E-state index in [2.05, 4.69) is 4.98 Å². The highest BCUT2D eigenvalue weighted by Gasteiger charge is 2.22. The molecule has 6 nitrogen and oxygen atoms in total. The second kappa shape index (κ2) is 5.57. The van der Waals surface area contributed by atoms with E-state index >= 15 is 0 Å². The summed E-state index contributed by atoms with van der Waals surface area (Å²) in [5.74, 6) is -0.340. The number of benzene rings is 1. The SMILES string of the molecule is COc1cccc2c(N3CCOCC3)c(C(=O)O)cnc12. The highest BCUT2D eigenvalue weighted by Crippen LogP contribution is 2.34. The Morgan fingerprint density at radius 3 is 2.81 bits per heavy atom. The minimum absolute atomic E-state index is 0.206. The van der Waals surface area contributed by atoms with E-state index in [1.807, 2.05) is 23.1 Å². The zero-order valence-corrected chi connectivity index (χ0v) is 11.7. The van der Waals surface area contributed by atoms with E-state index in [-0.39, 0.29) is 5.56 Å². The lowest BCUT2D eigenvalue weighted by molar-refractivity contribution is 0.0696. The van der Waals surface area contributed by atoms with Gasteiger partial charge in [-0.3, -0.25) is 4.98 Å². The lowest BCUT2D eigenvalue weighted by atomic mass is 10.1. The van der Waals surface area contributed by atoms with Crippen molar-refractivity contribution in [1.29, 1.82) is 0 Å². The van der Waals surface area contributed by atoms with Crippen molar-refractivity contribution in [3.8, 4) is 5.75 Å². The molecule has 0 bridgehead atoms. The number of hydrogen-bond acceptors (Lipinski definition) is 5. The largest absolute Gasteiger partial charge is 0.494 e. The topological polar surface area (TPSA) is 71.9 Å². The molecule has 1 aromatic heterocycles. The molecule has 1 N–H and O–H groups in total. The quantitative estimate of drug-likeness (QED) is 0.928. The molecule has 0 unspecified atom stereocenters. The van der Waals surface area contributed by atoms with E-state index in [0.29, 0.717) is 43.3 Å². The van der Waals surface area contributed by atoms with Gasteiger partial charge in [0, 0.05) is 24.7 Å². The van der Waals surface area contributed by atoms with E-state index in [9.17, 15) is 9.90 Å². The summed E-state index contributed by atoms with van der Waals surface area (Å²) in [5, 5.41) is 10.2. The number of fused-ring (bicyclic) bond motifs is 1. The lowest BCUT2D eigenvalue weighted by Crippen LogP contribution is -2.37. The molecule has 1 aromatic carbocycles. The monoisotopic (exact) mass is 288 g/mol. The van der Waals surface area contributed by atoms with Crippen LogP contribution in [0.25, 0.3) is 10.9 Å². The van der Waals surface area contributed by atoms with Crippen LogP contribution < -0.4 is 9.64 Å². The Hall–Kier alpha value is -2.34. The molecule has 110 valence electrons. The van der Waals surface area contributed by atoms with Gasteiger partial charge in [-0.2, -0.15) is 0 Å². The number of aromatic carboxylic acids is 1. The van der Waals surface area contributed by atoms with Gasteiger partial charge in [0.2, 0.25) is 0 Å². The first-order valence-electron chi connectivity index (χ1n) is 6.74. The minimum atomic E-state index is -0.978. The predicted molar refractivity (Wildman–Crippen MR) is 78.3 cm³/mol. The molecule has 0 radical (unpaired) electrons. The Bertz CT molecular complexity index is 681. The molecule has 1 saturated heterocycles. The normalized spacial score (nSPS) is 15.2. The number of hydrogen-bond donors (Lipinski definition) is 1. The first-order chi connectivity index (χ1) is 10.2. The van der Waals surface area contributed by atoms with Gasteiger partial charge in [0.15, 0.2) is 0 Å². The van der Waals surface area contributed by atoms with Crippen molar-refractivity contribution in [1.82, 2.24) is 4.98 Å². The molecule has 1 fully saturated rings. The van der Waals surface area contributed by atoms with Crippen LogP contribution >= 0.6 is 0 Å². The summed E-state index contributed by atoms with van der Waals surface area (Å²) >= 11 is 0. The zero-order chi connectivity index (χ0) is 14.8. The smallest absolute Gasteiger partial charge is 0.339 e. The van der Waals surface area contributed by atoms with Crippen LogP contribution in [0.1, 0.15) is 10.4 Å². The van der Waals surface area contributed by atoms with Crippen molar-refractivity contribution in [2.24, 2.45) is 0 Å². The van der Waals surface area contributed by atoms with Crippen molar-refractivity contribution in [2.45, 2.75) is 0 Å². The maximum absolute atomic E-state index is 11.5. The van der Waals surface area contributed by atoms with Crippen LogP contribution in [0.15, 0.2) is 24.4 Å². The Balaban J connectivity index is 2.25. The zero-order valence-electron chi connectivity index (χ0n) is 11.7. The molecule has 6 heteroatoms. The number of pyridine rings is 1. The second-order valence-corrected chi connectivity index (χ2v) is 4.78. The molecule has 0 amide bonds. The van der Waals surface area contributed by atoms with Gasteiger partial charge in [0.05, 0.1) is 26.0 Å². The highest BCUT2D eigenvalue weighted by atomic mass is 16.5. The molecule has 0 spiro atoms. The number of nitrogens with zero attached hydrogens (tertiary/aromatic N) is 2. The molecule has 3 rings (SSSR count). The van der Waals surface area contributed by atoms with Gasteiger partial charge >= 0.3 is 5.97 Å². The van der Waals surface area contributed by atoms with Gasteiger partial charge in [-0.15, -0.1) is 0 Å². The number of methoxy groups -OCH3 is 1. The predicted octanol–water partition coefficient (Wildman–Crippen LogP) is 1.78. The number of carbonyl (C=O) groups is 1. The Labute approximate surface area is 121 Å². The maximum atomic E-state index is 11.5. The average molecular weight is 288 g/mol. The third-order valence-electron chi connectivity index (χ3n) is 3.61. The van der Waals surface area contributed by atoms with Gasteiger partial charge in [-0.05, 0) is 6.07 Å². The summed E-state index contributed by atoms with van der Waals surface area (Å²) in [7, 11) is 1.58. The third-order valence-corrected chi connectivity index (χ3v) is 3.61. The molecule has 0 atom stereocenters. The number of carboxylic acids is 1. The number of carboxylic acid groups (broad SMARTS) is 1. The summed E-state index contributed by atoms with van der Waals surface area (Å²) < 4.78 is 10.7. The standard InChI is InChI=1S/C15H16N2O4/c1-20-12-4-2-3-10-13(12)16-9-11(15(18)19)14(10)17-5-7-21-8-6-17/h2-4,9H,5-8H2,1H3,(H,18,19). The number of para-hydroxylation sites is 1. The van der Waals surface area contributed by atoms with Crippen LogP contribution in [0.4, 0.5) is 5.69 Å². The number of morpholine rings is 1. The van der Waals surface area contributed by atoms with Crippen LogP contribution in [0.3, 0.4) is 0 Å². The molecule has 2 heterocycles. The number of ether oxygens (including phenoxy) is 2. The van der Waals surface area contributed by atoms with Crippen LogP contribution in [0.5, 0.6) is 5.75 Å². The summed E-state index contributed by atoms with van der Waals surface area (Å²) in [5.41, 5.74) is 1.57. The lowest BCUT2D eigenvalue weighted by Gasteiger charge is -2.30. The fourth-order valence-electron chi connectivity index (χ4n) is 2.63. The van der Waals surface area contributed by atoms with Crippen molar-refractivity contribution in [3.63, 3.8) is 0 Å². The minimum Gasteiger partial charge on any atom is -0.494 e. The van der Waals surface area contributed by atoms with Crippen molar-refractivity contribution in [2.75, 3.05) is 38.3 Å². The van der Waals surface area contributed by atoms with E-state index in [0.717, 1.165) is 5.39 Å². The van der Waals surface area contributed by atoms with Crippen LogP contribution in [0, 0.1) is 0 Å². The van der Waals surface area contributed by atoms with Crippen molar-refractivity contribution < 1.29 is 19.4 Å². The average Bonchev–Trinajstić information content (AvgIpc) is 2.53. The molecular weight excluding hydrogens is 272 g/mol. The van der Waals surface area contributed by atoms with Crippen LogP contribution in [-0.4, -0.2) is 49.5 Å². The first-order valence-corrected chi connectivity index (χ1v) is 6.74. The highest BCUT2D eigenvalue weighted by molar-refractivity contribution is 6.05. The first kappa shape index (κ1) is 13.6. The molecular formula is C15H16N2O4. The van der Waals surface area contributed by atoms with E-state index in [1.54, 1.807) is 7.11 Å². The van der Waals surface area contributed by atoms with Gasteiger partial charge in [0.1, 0.15) is 16.8 Å². The summed E-state index contributed by atoms with van der Waals surface area (Å²) in [6, 6.07) is 5.54. The Morgan fingerprint density at radius 2 is 2.14 bits per heavy atom. The number of rotatable bonds is 3. The third kappa shape index (κ3) is 2.38. The van der Waals surface area contributed by atoms with Gasteiger partial charge < -0.3 is 19.5 Å². The number of aromatic nitrogens is 1. The van der Waals surface area contributed by atoms with E-state index in [1.165, 1.54) is 6.20 Å². The fraction of sp³-hybridized carbons (Fsp3) is 0.333. The summed E-state index contributed by atoms with van der Waals surface area (Å²) in [4.78, 5) is 17.8. The molecule has 0 saturated carbocycles. The Kier molecular flexibility index (Phi) is 3.62.